The predicted molar refractivity (Wildman–Crippen MR) is 105 cm³/mol. The van der Waals surface area contributed by atoms with E-state index in [-0.39, 0.29) is 12.1 Å². The minimum Gasteiger partial charge on any atom is -0.447 e. The Morgan fingerprint density at radius 1 is 1.11 bits per heavy atom. The van der Waals surface area contributed by atoms with Gasteiger partial charge in [0.25, 0.3) is 0 Å². The van der Waals surface area contributed by atoms with E-state index < -0.39 is 0 Å². The molecule has 28 heavy (non-hydrogen) atoms. The highest BCUT2D eigenvalue weighted by Gasteiger charge is 2.25. The number of benzene rings is 1. The summed E-state index contributed by atoms with van der Waals surface area (Å²) in [4.78, 5) is 24.4. The van der Waals surface area contributed by atoms with Gasteiger partial charge in [0.2, 0.25) is 5.95 Å². The maximum absolute atomic E-state index is 11.7. The predicted octanol–water partition coefficient (Wildman–Crippen LogP) is 2.44. The summed E-state index contributed by atoms with van der Waals surface area (Å²) < 4.78 is 10.4. The van der Waals surface area contributed by atoms with E-state index in [2.05, 4.69) is 51.4 Å². The van der Waals surface area contributed by atoms with Crippen molar-refractivity contribution < 1.29 is 14.3 Å². The fourth-order valence-electron chi connectivity index (χ4n) is 3.38. The molecule has 2 fully saturated rings. The van der Waals surface area contributed by atoms with Crippen molar-refractivity contribution in [2.75, 3.05) is 49.7 Å². The fraction of sp³-hybridized carbons (Fsp3) is 0.450. The average Bonchev–Trinajstić information content (AvgIpc) is 3.15. The molecule has 2 aromatic rings. The number of morpholine rings is 1. The lowest BCUT2D eigenvalue weighted by atomic mass is 10.1. The number of cyclic esters (lactones) is 1. The first-order valence-corrected chi connectivity index (χ1v) is 9.62. The summed E-state index contributed by atoms with van der Waals surface area (Å²) >= 11 is 0. The molecule has 2 aliphatic rings. The number of carbonyl (C=O) groups excluding carboxylic acids is 1. The lowest BCUT2D eigenvalue weighted by molar-refractivity contribution is 0.0342. The Bertz CT molecular complexity index is 808. The van der Waals surface area contributed by atoms with Crippen LogP contribution in [0.15, 0.2) is 36.5 Å². The molecule has 1 atom stereocenters. The number of carbonyl (C=O) groups is 1. The van der Waals surface area contributed by atoms with Crippen molar-refractivity contribution in [3.05, 3.63) is 47.7 Å². The summed E-state index contributed by atoms with van der Waals surface area (Å²) in [5, 5.41) is 3.31. The van der Waals surface area contributed by atoms with Gasteiger partial charge in [-0.05, 0) is 24.1 Å². The van der Waals surface area contributed by atoms with Crippen LogP contribution in [0.5, 0.6) is 0 Å². The smallest absolute Gasteiger partial charge is 0.415 e. The number of rotatable bonds is 6. The molecule has 1 aromatic carbocycles. The summed E-state index contributed by atoms with van der Waals surface area (Å²) in [5.41, 5.74) is 2.45. The first kappa shape index (κ1) is 18.6. The van der Waals surface area contributed by atoms with Crippen LogP contribution in [0, 0.1) is 0 Å². The largest absolute Gasteiger partial charge is 0.447 e. The molecule has 1 amide bonds. The topological polar surface area (TPSA) is 79.8 Å². The highest BCUT2D eigenvalue weighted by Crippen LogP contribution is 2.21. The van der Waals surface area contributed by atoms with Crippen molar-refractivity contribution in [3.8, 4) is 0 Å². The molecule has 8 heteroatoms. The molecule has 0 saturated carbocycles. The second-order valence-corrected chi connectivity index (χ2v) is 7.00. The number of aromatic nitrogens is 2. The number of anilines is 2. The first-order valence-electron chi connectivity index (χ1n) is 9.62. The molecule has 0 radical (unpaired) electrons. The Hall–Kier alpha value is -2.71. The van der Waals surface area contributed by atoms with Crippen molar-refractivity contribution in [1.82, 2.24) is 14.9 Å². The van der Waals surface area contributed by atoms with Gasteiger partial charge in [0.15, 0.2) is 0 Å². The number of nitrogens with zero attached hydrogens (tertiary/aromatic N) is 4. The van der Waals surface area contributed by atoms with Gasteiger partial charge in [-0.1, -0.05) is 24.3 Å². The van der Waals surface area contributed by atoms with E-state index in [0.29, 0.717) is 24.9 Å². The highest BCUT2D eigenvalue weighted by molar-refractivity contribution is 5.88. The Kier molecular flexibility index (Phi) is 5.68. The maximum atomic E-state index is 11.7. The zero-order chi connectivity index (χ0) is 19.3. The third-order valence-electron chi connectivity index (χ3n) is 5.01. The summed E-state index contributed by atoms with van der Waals surface area (Å²) in [7, 11) is 0. The van der Waals surface area contributed by atoms with Gasteiger partial charge in [-0.3, -0.25) is 9.80 Å². The van der Waals surface area contributed by atoms with Gasteiger partial charge in [-0.15, -0.1) is 0 Å². The molecule has 0 unspecified atom stereocenters. The van der Waals surface area contributed by atoms with E-state index in [0.717, 1.165) is 38.4 Å². The van der Waals surface area contributed by atoms with Gasteiger partial charge in [-0.25, -0.2) is 9.78 Å². The quantitative estimate of drug-likeness (QED) is 0.821. The van der Waals surface area contributed by atoms with Crippen molar-refractivity contribution in [3.63, 3.8) is 0 Å². The Morgan fingerprint density at radius 3 is 2.61 bits per heavy atom. The van der Waals surface area contributed by atoms with E-state index in [1.165, 1.54) is 10.5 Å². The second-order valence-electron chi connectivity index (χ2n) is 7.00. The molecule has 3 heterocycles. The summed E-state index contributed by atoms with van der Waals surface area (Å²) in [6.45, 7) is 7.50. The lowest BCUT2D eigenvalue weighted by Gasteiger charge is -2.26. The van der Waals surface area contributed by atoms with Crippen LogP contribution in [-0.2, 0) is 16.0 Å². The van der Waals surface area contributed by atoms with Crippen LogP contribution in [0.1, 0.15) is 24.1 Å². The Morgan fingerprint density at radius 2 is 1.89 bits per heavy atom. The van der Waals surface area contributed by atoms with Crippen molar-refractivity contribution in [2.45, 2.75) is 19.5 Å². The van der Waals surface area contributed by atoms with Crippen LogP contribution in [0.3, 0.4) is 0 Å². The van der Waals surface area contributed by atoms with E-state index in [1.807, 2.05) is 0 Å². The zero-order valence-corrected chi connectivity index (χ0v) is 16.0. The Balaban J connectivity index is 1.38. The zero-order valence-electron chi connectivity index (χ0n) is 16.0. The van der Waals surface area contributed by atoms with Crippen molar-refractivity contribution in [1.29, 1.82) is 0 Å². The summed E-state index contributed by atoms with van der Waals surface area (Å²) in [6, 6.07) is 10.4. The number of ether oxygens (including phenoxy) is 2. The average molecular weight is 383 g/mol. The van der Waals surface area contributed by atoms with Crippen LogP contribution >= 0.6 is 0 Å². The van der Waals surface area contributed by atoms with E-state index >= 15 is 0 Å². The van der Waals surface area contributed by atoms with Gasteiger partial charge in [0, 0.05) is 25.8 Å². The number of nitrogens with one attached hydrogen (secondary N) is 1. The van der Waals surface area contributed by atoms with Gasteiger partial charge in [0.1, 0.15) is 12.4 Å². The van der Waals surface area contributed by atoms with E-state index in [1.54, 1.807) is 12.3 Å². The van der Waals surface area contributed by atoms with Gasteiger partial charge < -0.3 is 14.8 Å². The molecule has 0 spiro atoms. The van der Waals surface area contributed by atoms with Crippen LogP contribution in [0.25, 0.3) is 0 Å². The standard InChI is InChI=1S/C20H25N5O3/c1-15(17-4-2-16(3-5-17)14-24-8-11-27-12-9-24)22-19-21-7-6-18(23-19)25-10-13-28-20(25)26/h2-7,15H,8-14H2,1H3,(H,21,22,23)/t15-/m0/s1. The molecular formula is C20H25N5O3. The minimum absolute atomic E-state index is 0.0400. The SMILES string of the molecule is C[C@H](Nc1nccc(N2CCOC2=O)n1)c1ccc(CN2CCOCC2)cc1. The highest BCUT2D eigenvalue weighted by atomic mass is 16.6. The van der Waals surface area contributed by atoms with E-state index in [9.17, 15) is 4.79 Å². The number of hydrogen-bond acceptors (Lipinski definition) is 7. The molecule has 0 aliphatic carbocycles. The second kappa shape index (κ2) is 8.53. The number of hydrogen-bond donors (Lipinski definition) is 1. The van der Waals surface area contributed by atoms with Gasteiger partial charge in [0.05, 0.1) is 25.8 Å². The third-order valence-corrected chi connectivity index (χ3v) is 5.01. The van der Waals surface area contributed by atoms with Gasteiger partial charge >= 0.3 is 6.09 Å². The monoisotopic (exact) mass is 383 g/mol. The molecule has 8 nitrogen and oxygen atoms in total. The Labute approximate surface area is 164 Å². The fourth-order valence-corrected chi connectivity index (χ4v) is 3.38. The molecule has 0 bridgehead atoms. The molecule has 1 aromatic heterocycles. The van der Waals surface area contributed by atoms with Crippen LogP contribution in [-0.4, -0.2) is 60.4 Å². The molecule has 148 valence electrons. The van der Waals surface area contributed by atoms with Crippen molar-refractivity contribution in [2.24, 2.45) is 0 Å². The first-order chi connectivity index (χ1) is 13.7. The number of amides is 1. The summed E-state index contributed by atoms with van der Waals surface area (Å²) in [6.07, 6.45) is 1.28. The minimum atomic E-state index is -0.367. The molecule has 1 N–H and O–H groups in total. The van der Waals surface area contributed by atoms with Crippen molar-refractivity contribution >= 4 is 17.9 Å². The van der Waals surface area contributed by atoms with Crippen LogP contribution in [0.2, 0.25) is 0 Å². The summed E-state index contributed by atoms with van der Waals surface area (Å²) in [5.74, 6) is 1.04. The third kappa shape index (κ3) is 4.40. The van der Waals surface area contributed by atoms with E-state index in [4.69, 9.17) is 9.47 Å². The normalized spacial score (nSPS) is 18.8. The maximum Gasteiger partial charge on any atom is 0.415 e. The lowest BCUT2D eigenvalue weighted by Crippen LogP contribution is -2.35. The van der Waals surface area contributed by atoms with Gasteiger partial charge in [-0.2, -0.15) is 4.98 Å². The molecule has 2 saturated heterocycles. The van der Waals surface area contributed by atoms with Crippen LogP contribution < -0.4 is 10.2 Å². The van der Waals surface area contributed by atoms with Crippen LogP contribution in [0.4, 0.5) is 16.6 Å². The molecule has 4 rings (SSSR count). The molecular weight excluding hydrogens is 358 g/mol. The molecule has 2 aliphatic heterocycles.